The van der Waals surface area contributed by atoms with Crippen LogP contribution in [0, 0.1) is 5.92 Å². The largest absolute Gasteiger partial charge is 0.486 e. The predicted octanol–water partition coefficient (Wildman–Crippen LogP) is 6.50. The normalized spacial score (nSPS) is 14.0. The lowest BCUT2D eigenvalue weighted by molar-refractivity contribution is -0.152. The number of alkyl carbamates (subject to hydrolysis) is 1. The third-order valence-corrected chi connectivity index (χ3v) is 7.12. The summed E-state index contributed by atoms with van der Waals surface area (Å²) in [7, 11) is 0. The third kappa shape index (κ3) is 6.64. The molecule has 0 saturated carbocycles. The molecule has 0 fully saturated rings. The molecule has 0 spiro atoms. The molecule has 44 heavy (non-hydrogen) atoms. The van der Waals surface area contributed by atoms with Crippen LogP contribution in [0.1, 0.15) is 31.6 Å². The van der Waals surface area contributed by atoms with E-state index in [9.17, 15) is 27.6 Å². The Morgan fingerprint density at radius 1 is 0.977 bits per heavy atom. The molecule has 3 aromatic carbocycles. The van der Waals surface area contributed by atoms with Crippen LogP contribution in [0.5, 0.6) is 17.2 Å². The molecule has 0 saturated heterocycles. The number of amides is 1. The van der Waals surface area contributed by atoms with Crippen molar-refractivity contribution in [2.45, 2.75) is 39.1 Å². The minimum atomic E-state index is -5.03. The van der Waals surface area contributed by atoms with Gasteiger partial charge in [-0.05, 0) is 41.3 Å². The molecule has 5 rings (SSSR count). The van der Waals surface area contributed by atoms with Gasteiger partial charge in [0.05, 0.1) is 10.9 Å². The van der Waals surface area contributed by atoms with Crippen molar-refractivity contribution in [3.05, 3.63) is 88.3 Å². The number of ether oxygens (including phenoxy) is 4. The van der Waals surface area contributed by atoms with Crippen LogP contribution in [0.25, 0.3) is 22.1 Å². The summed E-state index contributed by atoms with van der Waals surface area (Å²) in [4.78, 5) is 39.0. The smallest absolute Gasteiger partial charge is 0.450 e. The Bertz CT molecular complexity index is 1740. The Labute approximate surface area is 249 Å². The van der Waals surface area contributed by atoms with E-state index >= 15 is 0 Å². The second-order valence-corrected chi connectivity index (χ2v) is 10.1. The first-order valence-electron chi connectivity index (χ1n) is 13.8. The van der Waals surface area contributed by atoms with Crippen LogP contribution in [0.3, 0.4) is 0 Å². The zero-order valence-corrected chi connectivity index (χ0v) is 23.7. The zero-order chi connectivity index (χ0) is 31.4. The minimum absolute atomic E-state index is 0.0194. The van der Waals surface area contributed by atoms with Crippen LogP contribution in [-0.2, 0) is 22.3 Å². The topological polar surface area (TPSA) is 113 Å². The van der Waals surface area contributed by atoms with Gasteiger partial charge in [0.15, 0.2) is 11.5 Å². The van der Waals surface area contributed by atoms with Gasteiger partial charge in [0.1, 0.15) is 37.2 Å². The van der Waals surface area contributed by atoms with Crippen molar-refractivity contribution in [2.24, 2.45) is 5.92 Å². The van der Waals surface area contributed by atoms with Crippen molar-refractivity contribution in [3.63, 3.8) is 0 Å². The monoisotopic (exact) mass is 611 g/mol. The molecule has 2 atom stereocenters. The van der Waals surface area contributed by atoms with Gasteiger partial charge in [-0.15, -0.1) is 0 Å². The summed E-state index contributed by atoms with van der Waals surface area (Å²) >= 11 is 0. The number of benzene rings is 3. The number of fused-ring (bicyclic) bond motifs is 2. The molecule has 9 nitrogen and oxygen atoms in total. The van der Waals surface area contributed by atoms with Gasteiger partial charge in [-0.2, -0.15) is 13.2 Å². The van der Waals surface area contributed by atoms with Gasteiger partial charge in [-0.25, -0.2) is 9.59 Å². The van der Waals surface area contributed by atoms with E-state index in [1.165, 1.54) is 30.3 Å². The highest BCUT2D eigenvalue weighted by Gasteiger charge is 2.40. The lowest BCUT2D eigenvalue weighted by atomic mass is 9.99. The summed E-state index contributed by atoms with van der Waals surface area (Å²) in [5.74, 6) is -2.40. The van der Waals surface area contributed by atoms with Crippen molar-refractivity contribution in [1.29, 1.82) is 0 Å². The van der Waals surface area contributed by atoms with E-state index in [1.54, 1.807) is 31.2 Å². The van der Waals surface area contributed by atoms with Gasteiger partial charge in [0, 0.05) is 6.07 Å². The zero-order valence-electron chi connectivity index (χ0n) is 23.7. The summed E-state index contributed by atoms with van der Waals surface area (Å²) in [6, 6.07) is 15.4. The Morgan fingerprint density at radius 2 is 1.70 bits per heavy atom. The first-order valence-corrected chi connectivity index (χ1v) is 13.8. The van der Waals surface area contributed by atoms with Crippen molar-refractivity contribution in [3.8, 4) is 28.4 Å². The predicted molar refractivity (Wildman–Crippen MR) is 153 cm³/mol. The number of hydrogen-bond donors (Lipinski definition) is 1. The van der Waals surface area contributed by atoms with Gasteiger partial charge < -0.3 is 28.7 Å². The molecule has 4 aromatic rings. The molecule has 230 valence electrons. The molecule has 1 aliphatic heterocycles. The van der Waals surface area contributed by atoms with Crippen LogP contribution in [-0.4, -0.2) is 31.3 Å². The van der Waals surface area contributed by atoms with Crippen molar-refractivity contribution >= 4 is 23.0 Å². The molecule has 2 heterocycles. The summed E-state index contributed by atoms with van der Waals surface area (Å²) < 4.78 is 69.4. The van der Waals surface area contributed by atoms with E-state index in [-0.39, 0.29) is 48.2 Å². The molecule has 1 aromatic heterocycles. The highest BCUT2D eigenvalue weighted by Crippen LogP contribution is 2.40. The van der Waals surface area contributed by atoms with Gasteiger partial charge in [-0.3, -0.25) is 4.79 Å². The summed E-state index contributed by atoms with van der Waals surface area (Å²) in [5, 5.41) is 2.34. The number of esters is 1. The first-order chi connectivity index (χ1) is 21.0. The van der Waals surface area contributed by atoms with E-state index in [1.807, 2.05) is 13.0 Å². The number of hydrogen-bond acceptors (Lipinski definition) is 8. The van der Waals surface area contributed by atoms with Crippen LogP contribution >= 0.6 is 0 Å². The number of alkyl halides is 3. The van der Waals surface area contributed by atoms with Crippen molar-refractivity contribution < 1.29 is 46.1 Å². The van der Waals surface area contributed by atoms with Gasteiger partial charge in [0.2, 0.25) is 11.2 Å². The highest BCUT2D eigenvalue weighted by atomic mass is 19.4. The Hall–Kier alpha value is -5.00. The Kier molecular flexibility index (Phi) is 8.79. The van der Waals surface area contributed by atoms with Gasteiger partial charge in [0.25, 0.3) is 0 Å². The quantitative estimate of drug-likeness (QED) is 0.178. The molecular formula is C32H28F3NO8. The fraction of sp³-hybridized carbons (Fsp3) is 0.281. The second kappa shape index (κ2) is 12.7. The maximum Gasteiger partial charge on any atom is 0.450 e. The van der Waals surface area contributed by atoms with Crippen molar-refractivity contribution in [2.75, 3.05) is 13.2 Å². The average molecular weight is 612 g/mol. The molecule has 1 N–H and O–H groups in total. The number of carbonyl (C=O) groups excluding carboxylic acids is 2. The van der Waals surface area contributed by atoms with E-state index < -0.39 is 46.6 Å². The third-order valence-electron chi connectivity index (χ3n) is 7.12. The van der Waals surface area contributed by atoms with Crippen molar-refractivity contribution in [1.82, 2.24) is 5.32 Å². The molecule has 0 unspecified atom stereocenters. The molecule has 0 bridgehead atoms. The Morgan fingerprint density at radius 3 is 2.41 bits per heavy atom. The van der Waals surface area contributed by atoms with E-state index in [2.05, 4.69) is 5.32 Å². The second-order valence-electron chi connectivity index (χ2n) is 10.1. The lowest BCUT2D eigenvalue weighted by Crippen LogP contribution is -2.47. The molecule has 0 radical (unpaired) electrons. The maximum atomic E-state index is 14.2. The Balaban J connectivity index is 1.41. The van der Waals surface area contributed by atoms with E-state index in [0.717, 1.165) is 11.6 Å². The van der Waals surface area contributed by atoms with Gasteiger partial charge >= 0.3 is 18.2 Å². The van der Waals surface area contributed by atoms with E-state index in [0.29, 0.717) is 12.2 Å². The summed E-state index contributed by atoms with van der Waals surface area (Å²) in [6.45, 7) is 4.01. The summed E-state index contributed by atoms with van der Waals surface area (Å²) in [5.41, 5.74) is -1.38. The fourth-order valence-electron chi connectivity index (χ4n) is 4.64. The van der Waals surface area contributed by atoms with E-state index in [4.69, 9.17) is 23.4 Å². The molecule has 1 amide bonds. The SMILES string of the molecule is CC[C@H](C)[C@H](NC(=O)OCc1ccccc1)C(=O)Oc1ccc2c(=O)c(-c3ccc4c(c3)OCCO4)c(C(F)(F)F)oc2c1. The number of halogens is 3. The highest BCUT2D eigenvalue weighted by molar-refractivity contribution is 5.87. The minimum Gasteiger partial charge on any atom is -0.486 e. The first kappa shape index (κ1) is 30.5. The van der Waals surface area contributed by atoms with Gasteiger partial charge in [-0.1, -0.05) is 56.7 Å². The lowest BCUT2D eigenvalue weighted by Gasteiger charge is -2.22. The molecule has 0 aliphatic carbocycles. The van der Waals surface area contributed by atoms with Crippen LogP contribution in [0.4, 0.5) is 18.0 Å². The molecule has 12 heteroatoms. The number of rotatable bonds is 8. The maximum absolute atomic E-state index is 14.2. The number of nitrogens with one attached hydrogen (secondary N) is 1. The molecular weight excluding hydrogens is 583 g/mol. The average Bonchev–Trinajstić information content (AvgIpc) is 3.02. The molecule has 1 aliphatic rings. The van der Waals surface area contributed by atoms with Crippen LogP contribution < -0.4 is 25.0 Å². The fourth-order valence-corrected chi connectivity index (χ4v) is 4.64. The van der Waals surface area contributed by atoms with Crippen LogP contribution in [0.15, 0.2) is 75.9 Å². The number of carbonyl (C=O) groups is 2. The summed E-state index contributed by atoms with van der Waals surface area (Å²) in [6.07, 6.45) is -5.39. The van der Waals surface area contributed by atoms with Crippen LogP contribution in [0.2, 0.25) is 0 Å². The standard InChI is InChI=1S/C32H28F3NO8/c1-3-18(2)27(36-31(39)42-17-19-7-5-4-6-8-19)30(38)43-21-10-11-22-24(16-21)44-29(32(33,34)35)26(28(22)37)20-9-12-23-25(15-20)41-14-13-40-23/h4-12,15-16,18,27H,3,13-14,17H2,1-2H3,(H,36,39)/t18-,27-/m0/s1.